The highest BCUT2D eigenvalue weighted by Gasteiger charge is 2.26. The van der Waals surface area contributed by atoms with Crippen molar-refractivity contribution < 1.29 is 26.4 Å². The van der Waals surface area contributed by atoms with Crippen LogP contribution in [0.4, 0.5) is 0 Å². The lowest BCUT2D eigenvalue weighted by Gasteiger charge is -2.26. The second-order valence-corrected chi connectivity index (χ2v) is 11.0. The van der Waals surface area contributed by atoms with Gasteiger partial charge in [-0.2, -0.15) is 4.31 Å². The van der Waals surface area contributed by atoms with Gasteiger partial charge in [0.15, 0.2) is 9.84 Å². The quantitative estimate of drug-likeness (QED) is 0.713. The molecule has 0 radical (unpaired) electrons. The number of carbonyl (C=O) groups excluding carboxylic acids is 1. The number of nitrogens with one attached hydrogen (secondary N) is 1. The molecule has 1 unspecified atom stereocenters. The smallest absolute Gasteiger partial charge is 0.251 e. The molecule has 1 saturated heterocycles. The van der Waals surface area contributed by atoms with Gasteiger partial charge in [-0.3, -0.25) is 4.79 Å². The summed E-state index contributed by atoms with van der Waals surface area (Å²) in [6, 6.07) is 11.7. The Morgan fingerprint density at radius 2 is 1.47 bits per heavy atom. The first-order valence-electron chi connectivity index (χ1n) is 9.38. The van der Waals surface area contributed by atoms with Crippen LogP contribution in [0.5, 0.6) is 0 Å². The Balaban J connectivity index is 1.68. The number of hydrogen-bond acceptors (Lipinski definition) is 6. The number of hydrogen-bond donors (Lipinski definition) is 1. The Hall–Kier alpha value is -2.27. The van der Waals surface area contributed by atoms with Gasteiger partial charge in [0, 0.05) is 24.9 Å². The summed E-state index contributed by atoms with van der Waals surface area (Å²) in [6.07, 6.45) is 1.14. The van der Waals surface area contributed by atoms with Gasteiger partial charge in [-0.1, -0.05) is 12.1 Å². The van der Waals surface area contributed by atoms with E-state index in [1.807, 2.05) is 0 Å². The second kappa shape index (κ2) is 8.84. The molecule has 0 spiro atoms. The fourth-order valence-corrected chi connectivity index (χ4v) is 5.12. The predicted molar refractivity (Wildman–Crippen MR) is 111 cm³/mol. The summed E-state index contributed by atoms with van der Waals surface area (Å²) in [5.74, 6) is -0.356. The average molecular weight is 453 g/mol. The summed E-state index contributed by atoms with van der Waals surface area (Å²) in [5.41, 5.74) is 1.08. The lowest BCUT2D eigenvalue weighted by atomic mass is 10.1. The molecule has 0 saturated carbocycles. The molecule has 1 atom stereocenters. The van der Waals surface area contributed by atoms with Crippen LogP contribution in [0, 0.1) is 0 Å². The Morgan fingerprint density at radius 3 is 2.00 bits per heavy atom. The maximum atomic E-state index is 12.7. The molecule has 1 fully saturated rings. The minimum atomic E-state index is -3.61. The third-order valence-corrected chi connectivity index (χ3v) is 7.92. The molecule has 0 aromatic heterocycles. The van der Waals surface area contributed by atoms with E-state index in [1.165, 1.54) is 40.7 Å². The Morgan fingerprint density at radius 1 is 0.933 bits per heavy atom. The van der Waals surface area contributed by atoms with Crippen molar-refractivity contribution in [3.63, 3.8) is 0 Å². The molecule has 2 aromatic rings. The zero-order valence-corrected chi connectivity index (χ0v) is 18.4. The van der Waals surface area contributed by atoms with E-state index < -0.39 is 19.9 Å². The third-order valence-electron chi connectivity index (χ3n) is 4.88. The number of sulfonamides is 1. The summed E-state index contributed by atoms with van der Waals surface area (Å²) in [5, 5.41) is 2.83. The first kappa shape index (κ1) is 22.4. The van der Waals surface area contributed by atoms with E-state index >= 15 is 0 Å². The van der Waals surface area contributed by atoms with Gasteiger partial charge >= 0.3 is 0 Å². The largest absolute Gasteiger partial charge is 0.379 e. The molecule has 8 nitrogen and oxygen atoms in total. The number of carbonyl (C=O) groups is 1. The number of amides is 1. The summed E-state index contributed by atoms with van der Waals surface area (Å²) < 4.78 is 55.0. The first-order chi connectivity index (χ1) is 14.1. The molecule has 1 N–H and O–H groups in total. The van der Waals surface area contributed by atoms with Gasteiger partial charge in [-0.25, -0.2) is 16.8 Å². The lowest BCUT2D eigenvalue weighted by molar-refractivity contribution is 0.0730. The van der Waals surface area contributed by atoms with Crippen LogP contribution in [-0.4, -0.2) is 59.6 Å². The molecule has 1 aliphatic rings. The van der Waals surface area contributed by atoms with Gasteiger partial charge in [-0.15, -0.1) is 0 Å². The summed E-state index contributed by atoms with van der Waals surface area (Å²) in [4.78, 5) is 12.9. The number of rotatable bonds is 6. The van der Waals surface area contributed by atoms with Crippen molar-refractivity contribution in [2.24, 2.45) is 0 Å². The molecule has 2 aromatic carbocycles. The van der Waals surface area contributed by atoms with Gasteiger partial charge in [0.05, 0.1) is 29.0 Å². The summed E-state index contributed by atoms with van der Waals surface area (Å²) >= 11 is 0. The molecule has 0 bridgehead atoms. The van der Waals surface area contributed by atoms with E-state index in [0.29, 0.717) is 31.9 Å². The maximum absolute atomic E-state index is 12.7. The molecule has 1 heterocycles. The van der Waals surface area contributed by atoms with Gasteiger partial charge in [0.25, 0.3) is 5.91 Å². The van der Waals surface area contributed by atoms with Gasteiger partial charge < -0.3 is 10.1 Å². The predicted octanol–water partition coefficient (Wildman–Crippen LogP) is 1.60. The molecule has 0 aliphatic carbocycles. The van der Waals surface area contributed by atoms with Gasteiger partial charge in [0.2, 0.25) is 10.0 Å². The van der Waals surface area contributed by atoms with Crippen LogP contribution in [0.2, 0.25) is 0 Å². The fraction of sp³-hybridized carbons (Fsp3) is 0.350. The molecule has 1 aliphatic heterocycles. The van der Waals surface area contributed by atoms with E-state index in [-0.39, 0.29) is 21.7 Å². The Kier molecular flexibility index (Phi) is 6.61. The monoisotopic (exact) mass is 452 g/mol. The second-order valence-electron chi connectivity index (χ2n) is 7.08. The standard InChI is InChI=1S/C20H24N2O6S2/c1-15(16-3-7-18(8-4-16)29(2,24)25)21-20(23)17-5-9-19(10-6-17)30(26,27)22-11-13-28-14-12-22/h3-10,15H,11-14H2,1-2H3,(H,21,23). The van der Waals surface area contributed by atoms with Crippen molar-refractivity contribution in [3.8, 4) is 0 Å². The van der Waals surface area contributed by atoms with Crippen molar-refractivity contribution in [2.75, 3.05) is 32.6 Å². The van der Waals surface area contributed by atoms with E-state index in [2.05, 4.69) is 5.32 Å². The van der Waals surface area contributed by atoms with Crippen LogP contribution in [0.3, 0.4) is 0 Å². The SMILES string of the molecule is CC(NC(=O)c1ccc(S(=O)(=O)N2CCOCC2)cc1)c1ccc(S(C)(=O)=O)cc1. The van der Waals surface area contributed by atoms with Crippen molar-refractivity contribution in [1.29, 1.82) is 0 Å². The zero-order chi connectivity index (χ0) is 21.9. The molecule has 3 rings (SSSR count). The zero-order valence-electron chi connectivity index (χ0n) is 16.7. The Bertz CT molecular complexity index is 1100. The fourth-order valence-electron chi connectivity index (χ4n) is 3.08. The van der Waals surface area contributed by atoms with E-state index in [9.17, 15) is 21.6 Å². The number of morpholine rings is 1. The van der Waals surface area contributed by atoms with Crippen molar-refractivity contribution in [2.45, 2.75) is 22.8 Å². The van der Waals surface area contributed by atoms with Gasteiger partial charge in [0.1, 0.15) is 0 Å². The number of nitrogens with zero attached hydrogens (tertiary/aromatic N) is 1. The van der Waals surface area contributed by atoms with E-state index in [4.69, 9.17) is 4.74 Å². The number of sulfone groups is 1. The molecule has 162 valence electrons. The lowest BCUT2D eigenvalue weighted by Crippen LogP contribution is -2.40. The summed E-state index contributed by atoms with van der Waals surface area (Å²) in [7, 11) is -6.90. The maximum Gasteiger partial charge on any atom is 0.251 e. The van der Waals surface area contributed by atoms with Crippen LogP contribution in [0.1, 0.15) is 28.9 Å². The molecular weight excluding hydrogens is 428 g/mol. The van der Waals surface area contributed by atoms with Crippen LogP contribution < -0.4 is 5.32 Å². The number of benzene rings is 2. The van der Waals surface area contributed by atoms with Crippen LogP contribution in [0.15, 0.2) is 58.3 Å². The van der Waals surface area contributed by atoms with E-state index in [1.54, 1.807) is 19.1 Å². The minimum Gasteiger partial charge on any atom is -0.379 e. The van der Waals surface area contributed by atoms with Crippen LogP contribution in [-0.2, 0) is 24.6 Å². The summed E-state index contributed by atoms with van der Waals surface area (Å²) in [6.45, 7) is 3.12. The van der Waals surface area contributed by atoms with Crippen molar-refractivity contribution >= 4 is 25.8 Å². The minimum absolute atomic E-state index is 0.130. The Labute approximate surface area is 176 Å². The third kappa shape index (κ3) is 5.07. The highest BCUT2D eigenvalue weighted by molar-refractivity contribution is 7.90. The van der Waals surface area contributed by atoms with Gasteiger partial charge in [-0.05, 0) is 48.9 Å². The average Bonchev–Trinajstić information content (AvgIpc) is 2.74. The van der Waals surface area contributed by atoms with Crippen molar-refractivity contribution in [3.05, 3.63) is 59.7 Å². The number of ether oxygens (including phenoxy) is 1. The molecule has 1 amide bonds. The first-order valence-corrected chi connectivity index (χ1v) is 12.7. The van der Waals surface area contributed by atoms with Crippen LogP contribution >= 0.6 is 0 Å². The van der Waals surface area contributed by atoms with Crippen LogP contribution in [0.25, 0.3) is 0 Å². The normalized spacial score (nSPS) is 16.7. The highest BCUT2D eigenvalue weighted by atomic mass is 32.2. The molecule has 10 heteroatoms. The molecular formula is C20H24N2O6S2. The highest BCUT2D eigenvalue weighted by Crippen LogP contribution is 2.19. The molecule has 30 heavy (non-hydrogen) atoms. The van der Waals surface area contributed by atoms with Crippen molar-refractivity contribution in [1.82, 2.24) is 9.62 Å². The topological polar surface area (TPSA) is 110 Å². The van der Waals surface area contributed by atoms with E-state index in [0.717, 1.165) is 11.8 Å².